The molecule has 0 aliphatic rings. The molecular weight excluding hydrogens is 134 g/mol. The number of hydrogen-bond donors (Lipinski definition) is 0. The average Bonchev–Trinajstić information content (AvgIpc) is 2.60. The standard InChI is InChI=1S/C10H7N/c1-2-8-4-6-10-7-5-9(3-1)11(8)10/h1-7H. The van der Waals surface area contributed by atoms with Crippen LogP contribution in [0, 0.1) is 0 Å². The Morgan fingerprint density at radius 1 is 0.636 bits per heavy atom. The normalized spacial score (nSPS) is 11.6. The van der Waals surface area contributed by atoms with Gasteiger partial charge in [-0.3, -0.25) is 0 Å². The van der Waals surface area contributed by atoms with Gasteiger partial charge in [-0.1, -0.05) is 6.07 Å². The van der Waals surface area contributed by atoms with E-state index in [1.807, 2.05) is 0 Å². The molecule has 0 fully saturated rings. The molecule has 0 saturated heterocycles. The van der Waals surface area contributed by atoms with Gasteiger partial charge >= 0.3 is 0 Å². The molecule has 0 aliphatic carbocycles. The Morgan fingerprint density at radius 2 is 1.09 bits per heavy atom. The molecule has 0 aromatic carbocycles. The molecule has 0 spiro atoms. The Labute approximate surface area is 64.2 Å². The zero-order chi connectivity index (χ0) is 7.26. The van der Waals surface area contributed by atoms with Crippen molar-refractivity contribution in [3.63, 3.8) is 0 Å². The van der Waals surface area contributed by atoms with Crippen LogP contribution in [0.5, 0.6) is 0 Å². The minimum absolute atomic E-state index is 1.28. The van der Waals surface area contributed by atoms with Crippen molar-refractivity contribution in [3.8, 4) is 0 Å². The molecule has 0 radical (unpaired) electrons. The highest BCUT2D eigenvalue weighted by atomic mass is 14.9. The molecule has 3 rings (SSSR count). The van der Waals surface area contributed by atoms with E-state index in [9.17, 15) is 0 Å². The third-order valence-corrected chi connectivity index (χ3v) is 2.16. The van der Waals surface area contributed by atoms with Crippen LogP contribution in [0.1, 0.15) is 0 Å². The lowest BCUT2D eigenvalue weighted by atomic mass is 10.3. The van der Waals surface area contributed by atoms with Crippen molar-refractivity contribution in [2.45, 2.75) is 0 Å². The van der Waals surface area contributed by atoms with Crippen LogP contribution < -0.4 is 0 Å². The summed E-state index contributed by atoms with van der Waals surface area (Å²) in [6.45, 7) is 0. The molecule has 3 aromatic rings. The highest BCUT2D eigenvalue weighted by molar-refractivity contribution is 5.73. The van der Waals surface area contributed by atoms with Crippen LogP contribution in [0.3, 0.4) is 0 Å². The lowest BCUT2D eigenvalue weighted by Crippen LogP contribution is -1.78. The predicted octanol–water partition coefficient (Wildman–Crippen LogP) is 2.53. The molecule has 1 nitrogen and oxygen atoms in total. The van der Waals surface area contributed by atoms with Crippen LogP contribution in [-0.4, -0.2) is 4.40 Å². The second-order valence-electron chi connectivity index (χ2n) is 2.80. The molecule has 3 aromatic heterocycles. The minimum atomic E-state index is 1.28. The first-order chi connectivity index (χ1) is 5.45. The van der Waals surface area contributed by atoms with E-state index in [1.54, 1.807) is 0 Å². The van der Waals surface area contributed by atoms with E-state index in [4.69, 9.17) is 0 Å². The Hall–Kier alpha value is -1.50. The number of rotatable bonds is 0. The fourth-order valence-electron chi connectivity index (χ4n) is 1.65. The first-order valence-corrected chi connectivity index (χ1v) is 3.74. The minimum Gasteiger partial charge on any atom is -0.311 e. The van der Waals surface area contributed by atoms with Crippen molar-refractivity contribution in [2.24, 2.45) is 0 Å². The van der Waals surface area contributed by atoms with Gasteiger partial charge in [0.15, 0.2) is 0 Å². The van der Waals surface area contributed by atoms with Crippen molar-refractivity contribution in [3.05, 3.63) is 42.5 Å². The number of pyridine rings is 1. The molecule has 0 unspecified atom stereocenters. The summed E-state index contributed by atoms with van der Waals surface area (Å²) < 4.78 is 2.25. The van der Waals surface area contributed by atoms with Crippen LogP contribution in [0.2, 0.25) is 0 Å². The summed E-state index contributed by atoms with van der Waals surface area (Å²) in [5.74, 6) is 0. The quantitative estimate of drug-likeness (QED) is 0.453. The Balaban J connectivity index is 2.83. The van der Waals surface area contributed by atoms with Crippen molar-refractivity contribution in [1.29, 1.82) is 0 Å². The van der Waals surface area contributed by atoms with E-state index in [0.29, 0.717) is 0 Å². The second kappa shape index (κ2) is 1.56. The number of nitrogens with zero attached hydrogens (tertiary/aromatic N) is 1. The fraction of sp³-hybridized carbons (Fsp3) is 0. The molecule has 0 amide bonds. The van der Waals surface area contributed by atoms with Crippen LogP contribution in [0.25, 0.3) is 16.6 Å². The zero-order valence-electron chi connectivity index (χ0n) is 5.99. The van der Waals surface area contributed by atoms with Crippen LogP contribution in [0.4, 0.5) is 0 Å². The maximum absolute atomic E-state index is 2.25. The molecule has 0 N–H and O–H groups in total. The molecule has 0 atom stereocenters. The third kappa shape index (κ3) is 0.511. The highest BCUT2D eigenvalue weighted by Crippen LogP contribution is 2.18. The van der Waals surface area contributed by atoms with Gasteiger partial charge < -0.3 is 4.40 Å². The maximum Gasteiger partial charge on any atom is 0.0463 e. The Kier molecular flexibility index (Phi) is 0.737. The smallest absolute Gasteiger partial charge is 0.0463 e. The van der Waals surface area contributed by atoms with Gasteiger partial charge in [0.05, 0.1) is 0 Å². The van der Waals surface area contributed by atoms with Gasteiger partial charge in [0.25, 0.3) is 0 Å². The van der Waals surface area contributed by atoms with E-state index >= 15 is 0 Å². The number of hydrogen-bond acceptors (Lipinski definition) is 0. The summed E-state index contributed by atoms with van der Waals surface area (Å²) >= 11 is 0. The van der Waals surface area contributed by atoms with Gasteiger partial charge in [-0.2, -0.15) is 0 Å². The van der Waals surface area contributed by atoms with Gasteiger partial charge in [-0.05, 0) is 36.4 Å². The SMILES string of the molecule is c1cc2ccc3ccc(c1)n23. The summed E-state index contributed by atoms with van der Waals surface area (Å²) in [5.41, 5.74) is 3.85. The van der Waals surface area contributed by atoms with Gasteiger partial charge in [0.1, 0.15) is 0 Å². The maximum atomic E-state index is 2.25. The van der Waals surface area contributed by atoms with Crippen LogP contribution in [0.15, 0.2) is 42.5 Å². The van der Waals surface area contributed by atoms with Crippen molar-refractivity contribution < 1.29 is 0 Å². The van der Waals surface area contributed by atoms with Gasteiger partial charge in [0, 0.05) is 16.6 Å². The Bertz CT molecular complexity index is 442. The highest BCUT2D eigenvalue weighted by Gasteiger charge is 1.99. The Morgan fingerprint density at radius 3 is 1.64 bits per heavy atom. The lowest BCUT2D eigenvalue weighted by molar-refractivity contribution is 1.35. The largest absolute Gasteiger partial charge is 0.311 e. The zero-order valence-corrected chi connectivity index (χ0v) is 5.99. The summed E-state index contributed by atoms with van der Waals surface area (Å²) in [5, 5.41) is 0. The van der Waals surface area contributed by atoms with Crippen LogP contribution in [-0.2, 0) is 0 Å². The molecule has 11 heavy (non-hydrogen) atoms. The molecule has 0 saturated carbocycles. The number of aromatic nitrogens is 1. The molecule has 3 heterocycles. The predicted molar refractivity (Wildman–Crippen MR) is 46.1 cm³/mol. The second-order valence-corrected chi connectivity index (χ2v) is 2.80. The topological polar surface area (TPSA) is 4.41 Å². The van der Waals surface area contributed by atoms with E-state index in [-0.39, 0.29) is 0 Å². The van der Waals surface area contributed by atoms with Crippen molar-refractivity contribution in [1.82, 2.24) is 4.40 Å². The fourth-order valence-corrected chi connectivity index (χ4v) is 1.65. The summed E-state index contributed by atoms with van der Waals surface area (Å²) in [4.78, 5) is 0. The molecular formula is C10H7N. The molecule has 0 bridgehead atoms. The van der Waals surface area contributed by atoms with E-state index in [1.165, 1.54) is 16.6 Å². The average molecular weight is 141 g/mol. The lowest BCUT2D eigenvalue weighted by Gasteiger charge is -1.93. The van der Waals surface area contributed by atoms with Gasteiger partial charge in [-0.25, -0.2) is 0 Å². The first kappa shape index (κ1) is 5.19. The van der Waals surface area contributed by atoms with E-state index < -0.39 is 0 Å². The summed E-state index contributed by atoms with van der Waals surface area (Å²) in [6, 6.07) is 14.9. The van der Waals surface area contributed by atoms with E-state index in [0.717, 1.165) is 0 Å². The van der Waals surface area contributed by atoms with Crippen molar-refractivity contribution >= 4 is 16.6 Å². The van der Waals surface area contributed by atoms with Gasteiger partial charge in [0.2, 0.25) is 0 Å². The van der Waals surface area contributed by atoms with Crippen LogP contribution >= 0.6 is 0 Å². The monoisotopic (exact) mass is 141 g/mol. The summed E-state index contributed by atoms with van der Waals surface area (Å²) in [7, 11) is 0. The molecule has 0 aliphatic heterocycles. The molecule has 1 heteroatoms. The summed E-state index contributed by atoms with van der Waals surface area (Å²) in [6.07, 6.45) is 0. The van der Waals surface area contributed by atoms with Crippen molar-refractivity contribution in [2.75, 3.05) is 0 Å². The van der Waals surface area contributed by atoms with Gasteiger partial charge in [-0.15, -0.1) is 0 Å². The molecule has 52 valence electrons. The third-order valence-electron chi connectivity index (χ3n) is 2.16. The first-order valence-electron chi connectivity index (χ1n) is 3.74. The van der Waals surface area contributed by atoms with E-state index in [2.05, 4.69) is 46.9 Å².